The maximum atomic E-state index is 13.8. The zero-order valence-corrected chi connectivity index (χ0v) is 14.5. The van der Waals surface area contributed by atoms with Crippen molar-refractivity contribution in [2.45, 2.75) is 32.2 Å². The Morgan fingerprint density at radius 2 is 1.86 bits per heavy atom. The highest BCUT2D eigenvalue weighted by atomic mass is 35.5. The summed E-state index contributed by atoms with van der Waals surface area (Å²) in [6.07, 6.45) is 3.62. The number of rotatable bonds is 3. The number of phenolic OH excluding ortho intramolecular Hbond substituents is 1. The number of aromatic hydroxyl groups is 1. The standard InChI is InChI=1S/C16H23FN2O.2ClH/c1-11-5-6-13(17)16(20)14(11)15(12-3-2-4-12)19-9-7-18-8-10-19;;/h5-6,12,15,18,20H,2-4,7-10H2,1H3;2*1H/t15-;;/m1../s1. The van der Waals surface area contributed by atoms with Crippen LogP contribution in [0.3, 0.4) is 0 Å². The molecule has 2 N–H and O–H groups in total. The van der Waals surface area contributed by atoms with Crippen LogP contribution >= 0.6 is 24.8 Å². The van der Waals surface area contributed by atoms with E-state index in [1.54, 1.807) is 6.07 Å². The highest BCUT2D eigenvalue weighted by Crippen LogP contribution is 2.45. The third-order valence-electron chi connectivity index (χ3n) is 4.82. The van der Waals surface area contributed by atoms with Crippen LogP contribution in [0.4, 0.5) is 4.39 Å². The van der Waals surface area contributed by atoms with Crippen LogP contribution in [0.1, 0.15) is 36.4 Å². The average molecular weight is 351 g/mol. The molecule has 1 heterocycles. The molecule has 3 rings (SSSR count). The van der Waals surface area contributed by atoms with Crippen molar-refractivity contribution >= 4 is 24.8 Å². The minimum atomic E-state index is -0.495. The molecule has 0 unspecified atom stereocenters. The SMILES string of the molecule is Cc1ccc(F)c(O)c1[C@@H](C1CCC1)N1CCNCC1.Cl.Cl. The fraction of sp³-hybridized carbons (Fsp3) is 0.625. The number of phenols is 1. The lowest BCUT2D eigenvalue weighted by atomic mass is 9.75. The predicted molar refractivity (Wildman–Crippen MR) is 91.8 cm³/mol. The summed E-state index contributed by atoms with van der Waals surface area (Å²) >= 11 is 0. The van der Waals surface area contributed by atoms with Gasteiger partial charge in [0.2, 0.25) is 0 Å². The number of piperazine rings is 1. The van der Waals surface area contributed by atoms with Crippen molar-refractivity contribution in [1.29, 1.82) is 0 Å². The number of hydrogen-bond acceptors (Lipinski definition) is 3. The molecule has 0 spiro atoms. The maximum Gasteiger partial charge on any atom is 0.165 e. The van der Waals surface area contributed by atoms with Crippen molar-refractivity contribution < 1.29 is 9.50 Å². The predicted octanol–water partition coefficient (Wildman–Crippen LogP) is 3.43. The number of benzene rings is 1. The first-order valence-corrected chi connectivity index (χ1v) is 7.61. The minimum Gasteiger partial charge on any atom is -0.505 e. The molecule has 2 fully saturated rings. The van der Waals surface area contributed by atoms with Crippen LogP contribution in [0.15, 0.2) is 12.1 Å². The molecule has 0 bridgehead atoms. The van der Waals surface area contributed by atoms with Gasteiger partial charge in [-0.1, -0.05) is 12.5 Å². The van der Waals surface area contributed by atoms with Crippen LogP contribution in [-0.2, 0) is 0 Å². The monoisotopic (exact) mass is 350 g/mol. The van der Waals surface area contributed by atoms with E-state index in [4.69, 9.17) is 0 Å². The molecule has 1 aliphatic heterocycles. The van der Waals surface area contributed by atoms with Gasteiger partial charge < -0.3 is 10.4 Å². The molecule has 0 amide bonds. The molecule has 1 aromatic rings. The summed E-state index contributed by atoms with van der Waals surface area (Å²) in [5.74, 6) is -0.0787. The Balaban J connectivity index is 0.00000121. The first kappa shape index (κ1) is 19.5. The molecule has 1 saturated heterocycles. The van der Waals surface area contributed by atoms with E-state index in [1.165, 1.54) is 25.3 Å². The zero-order chi connectivity index (χ0) is 14.1. The van der Waals surface area contributed by atoms with Crippen molar-refractivity contribution in [2.24, 2.45) is 5.92 Å². The summed E-state index contributed by atoms with van der Waals surface area (Å²) in [7, 11) is 0. The van der Waals surface area contributed by atoms with Crippen LogP contribution < -0.4 is 5.32 Å². The highest BCUT2D eigenvalue weighted by Gasteiger charge is 2.36. The van der Waals surface area contributed by atoms with Gasteiger partial charge in [-0.25, -0.2) is 4.39 Å². The summed E-state index contributed by atoms with van der Waals surface area (Å²) < 4.78 is 13.8. The average Bonchev–Trinajstić information content (AvgIpc) is 2.41. The van der Waals surface area contributed by atoms with Gasteiger partial charge in [0, 0.05) is 37.8 Å². The molecule has 0 aromatic heterocycles. The second-order valence-electron chi connectivity index (χ2n) is 6.05. The largest absolute Gasteiger partial charge is 0.505 e. The Morgan fingerprint density at radius 1 is 1.23 bits per heavy atom. The molecule has 2 aliphatic rings. The minimum absolute atomic E-state index is 0. The van der Waals surface area contributed by atoms with Gasteiger partial charge in [-0.05, 0) is 37.3 Å². The lowest BCUT2D eigenvalue weighted by Crippen LogP contribution is -2.48. The zero-order valence-electron chi connectivity index (χ0n) is 12.8. The molecule has 126 valence electrons. The third kappa shape index (κ3) is 3.67. The summed E-state index contributed by atoms with van der Waals surface area (Å²) in [4.78, 5) is 2.42. The van der Waals surface area contributed by atoms with Crippen LogP contribution in [0.2, 0.25) is 0 Å². The highest BCUT2D eigenvalue weighted by molar-refractivity contribution is 5.85. The number of nitrogens with zero attached hydrogens (tertiary/aromatic N) is 1. The van der Waals surface area contributed by atoms with Crippen LogP contribution in [0.25, 0.3) is 0 Å². The van der Waals surface area contributed by atoms with Gasteiger partial charge in [0.15, 0.2) is 11.6 Å². The Hall–Kier alpha value is -0.550. The summed E-state index contributed by atoms with van der Waals surface area (Å²) in [5, 5.41) is 13.6. The molecular weight excluding hydrogens is 326 g/mol. The molecule has 0 radical (unpaired) electrons. The summed E-state index contributed by atoms with van der Waals surface area (Å²) in [5.41, 5.74) is 1.82. The first-order chi connectivity index (χ1) is 9.68. The van der Waals surface area contributed by atoms with Crippen LogP contribution in [0, 0.1) is 18.7 Å². The molecule has 22 heavy (non-hydrogen) atoms. The molecule has 6 heteroatoms. The quantitative estimate of drug-likeness (QED) is 0.876. The van der Waals surface area contributed by atoms with Gasteiger partial charge in [-0.2, -0.15) is 0 Å². The van der Waals surface area contributed by atoms with E-state index in [2.05, 4.69) is 10.2 Å². The van der Waals surface area contributed by atoms with E-state index < -0.39 is 5.82 Å². The van der Waals surface area contributed by atoms with Crippen molar-refractivity contribution in [1.82, 2.24) is 10.2 Å². The number of aryl methyl sites for hydroxylation is 1. The van der Waals surface area contributed by atoms with E-state index in [0.29, 0.717) is 5.92 Å². The Kier molecular flexibility index (Phi) is 7.39. The van der Waals surface area contributed by atoms with Crippen LogP contribution in [-0.4, -0.2) is 36.2 Å². The maximum absolute atomic E-state index is 13.8. The van der Waals surface area contributed by atoms with Gasteiger partial charge in [0.25, 0.3) is 0 Å². The van der Waals surface area contributed by atoms with E-state index in [9.17, 15) is 9.50 Å². The smallest absolute Gasteiger partial charge is 0.165 e. The lowest BCUT2D eigenvalue weighted by Gasteiger charge is -2.44. The second-order valence-corrected chi connectivity index (χ2v) is 6.05. The third-order valence-corrected chi connectivity index (χ3v) is 4.82. The number of nitrogens with one attached hydrogen (secondary N) is 1. The van der Waals surface area contributed by atoms with Crippen molar-refractivity contribution in [2.75, 3.05) is 26.2 Å². The van der Waals surface area contributed by atoms with Gasteiger partial charge in [0.05, 0.1) is 0 Å². The molecular formula is C16H25Cl2FN2O. The Bertz CT molecular complexity index is 491. The van der Waals surface area contributed by atoms with E-state index in [1.807, 2.05) is 6.92 Å². The molecule has 1 aliphatic carbocycles. The van der Waals surface area contributed by atoms with E-state index in [-0.39, 0.29) is 36.6 Å². The number of halogens is 3. The lowest BCUT2D eigenvalue weighted by molar-refractivity contribution is 0.0811. The molecule has 1 aromatic carbocycles. The first-order valence-electron chi connectivity index (χ1n) is 7.61. The van der Waals surface area contributed by atoms with Gasteiger partial charge >= 0.3 is 0 Å². The van der Waals surface area contributed by atoms with Crippen molar-refractivity contribution in [3.63, 3.8) is 0 Å². The number of hydrogen-bond donors (Lipinski definition) is 2. The van der Waals surface area contributed by atoms with Gasteiger partial charge in [0.1, 0.15) is 0 Å². The summed E-state index contributed by atoms with van der Waals surface area (Å²) in [6.45, 7) is 5.85. The van der Waals surface area contributed by atoms with Crippen LogP contribution in [0.5, 0.6) is 5.75 Å². The van der Waals surface area contributed by atoms with Gasteiger partial charge in [-0.15, -0.1) is 24.8 Å². The molecule has 1 saturated carbocycles. The molecule has 3 nitrogen and oxygen atoms in total. The van der Waals surface area contributed by atoms with Crippen molar-refractivity contribution in [3.8, 4) is 5.75 Å². The Morgan fingerprint density at radius 3 is 2.41 bits per heavy atom. The van der Waals surface area contributed by atoms with E-state index in [0.717, 1.165) is 37.3 Å². The fourth-order valence-corrected chi connectivity index (χ4v) is 3.49. The van der Waals surface area contributed by atoms with Crippen molar-refractivity contribution in [3.05, 3.63) is 29.1 Å². The van der Waals surface area contributed by atoms with E-state index >= 15 is 0 Å². The Labute approximate surface area is 144 Å². The molecule has 1 atom stereocenters. The summed E-state index contributed by atoms with van der Waals surface area (Å²) in [6, 6.07) is 3.32. The topological polar surface area (TPSA) is 35.5 Å². The fourth-order valence-electron chi connectivity index (χ4n) is 3.49. The van der Waals surface area contributed by atoms with Gasteiger partial charge in [-0.3, -0.25) is 4.90 Å². The normalized spacial score (nSPS) is 20.5. The second kappa shape index (κ2) is 8.34.